The van der Waals surface area contributed by atoms with Gasteiger partial charge < -0.3 is 5.32 Å². The van der Waals surface area contributed by atoms with Crippen molar-refractivity contribution >= 4 is 10.0 Å². The largest absolute Gasteiger partial charge is 0.320 e. The van der Waals surface area contributed by atoms with E-state index in [1.165, 1.54) is 11.1 Å². The molecule has 1 aromatic rings. The summed E-state index contributed by atoms with van der Waals surface area (Å²) in [5.74, 6) is 0. The van der Waals surface area contributed by atoms with Gasteiger partial charge in [0.1, 0.15) is 0 Å². The van der Waals surface area contributed by atoms with Crippen LogP contribution in [0, 0.1) is 0 Å². The van der Waals surface area contributed by atoms with Crippen molar-refractivity contribution in [1.29, 1.82) is 0 Å². The summed E-state index contributed by atoms with van der Waals surface area (Å²) in [6.45, 7) is 4.08. The monoisotopic (exact) mass is 308 g/mol. The minimum absolute atomic E-state index is 0.396. The molecule has 0 spiro atoms. The van der Waals surface area contributed by atoms with Gasteiger partial charge in [-0.25, -0.2) is 8.42 Å². The molecule has 0 aromatic heterocycles. The van der Waals surface area contributed by atoms with E-state index in [1.807, 2.05) is 32.2 Å². The lowest BCUT2D eigenvalue weighted by Gasteiger charge is -2.24. The molecule has 1 heterocycles. The van der Waals surface area contributed by atoms with Crippen molar-refractivity contribution in [3.8, 4) is 0 Å². The standard InChI is InChI=1S/C16H24N2O2S/c1-14-9-12-18(13-10-14)21(19,20)16-7-5-15(6-8-16)4-3-11-17-2/h5-9,17H,3-4,10-13H2,1-2H3. The van der Waals surface area contributed by atoms with Crippen molar-refractivity contribution in [3.63, 3.8) is 0 Å². The Morgan fingerprint density at radius 2 is 1.95 bits per heavy atom. The number of hydrogen-bond acceptors (Lipinski definition) is 3. The third-order valence-electron chi connectivity index (χ3n) is 3.85. The lowest BCUT2D eigenvalue weighted by Crippen LogP contribution is -2.34. The van der Waals surface area contributed by atoms with E-state index < -0.39 is 10.0 Å². The normalized spacial score (nSPS) is 16.8. The van der Waals surface area contributed by atoms with E-state index in [0.29, 0.717) is 18.0 Å². The lowest BCUT2D eigenvalue weighted by molar-refractivity contribution is 0.431. The van der Waals surface area contributed by atoms with E-state index >= 15 is 0 Å². The fourth-order valence-electron chi connectivity index (χ4n) is 2.42. The van der Waals surface area contributed by atoms with Crippen molar-refractivity contribution < 1.29 is 8.42 Å². The Morgan fingerprint density at radius 1 is 1.24 bits per heavy atom. The Kier molecular flexibility index (Phi) is 5.56. The predicted molar refractivity (Wildman–Crippen MR) is 85.8 cm³/mol. The average molecular weight is 308 g/mol. The molecule has 0 saturated heterocycles. The van der Waals surface area contributed by atoms with Crippen molar-refractivity contribution in [2.24, 2.45) is 0 Å². The summed E-state index contributed by atoms with van der Waals surface area (Å²) in [4.78, 5) is 0.396. The van der Waals surface area contributed by atoms with Gasteiger partial charge in [-0.3, -0.25) is 0 Å². The van der Waals surface area contributed by atoms with Crippen molar-refractivity contribution in [2.75, 3.05) is 26.7 Å². The smallest absolute Gasteiger partial charge is 0.243 e. The van der Waals surface area contributed by atoms with Crippen molar-refractivity contribution in [2.45, 2.75) is 31.1 Å². The predicted octanol–water partition coefficient (Wildman–Crippen LogP) is 2.18. The second-order valence-electron chi connectivity index (χ2n) is 5.51. The zero-order valence-electron chi connectivity index (χ0n) is 12.8. The van der Waals surface area contributed by atoms with Crippen LogP contribution < -0.4 is 5.32 Å². The van der Waals surface area contributed by atoms with Crippen LogP contribution in [0.2, 0.25) is 0 Å². The highest BCUT2D eigenvalue weighted by molar-refractivity contribution is 7.89. The van der Waals surface area contributed by atoms with Gasteiger partial charge in [-0.05, 0) is 57.5 Å². The number of hydrogen-bond donors (Lipinski definition) is 1. The van der Waals surface area contributed by atoms with Crippen LogP contribution in [0.1, 0.15) is 25.3 Å². The summed E-state index contributed by atoms with van der Waals surface area (Å²) < 4.78 is 26.7. The van der Waals surface area contributed by atoms with Crippen molar-refractivity contribution in [3.05, 3.63) is 41.5 Å². The number of rotatable bonds is 6. The summed E-state index contributed by atoms with van der Waals surface area (Å²) in [5.41, 5.74) is 2.44. The second kappa shape index (κ2) is 7.20. The van der Waals surface area contributed by atoms with E-state index in [0.717, 1.165) is 25.8 Å². The van der Waals surface area contributed by atoms with E-state index in [4.69, 9.17) is 0 Å². The van der Waals surface area contributed by atoms with Gasteiger partial charge in [0.05, 0.1) is 4.90 Å². The lowest BCUT2D eigenvalue weighted by atomic mass is 10.1. The average Bonchev–Trinajstić information content (AvgIpc) is 2.48. The van der Waals surface area contributed by atoms with Gasteiger partial charge in [-0.15, -0.1) is 0 Å². The number of aryl methyl sites for hydroxylation is 1. The molecule has 116 valence electrons. The molecule has 5 heteroatoms. The molecular weight excluding hydrogens is 284 g/mol. The topological polar surface area (TPSA) is 49.4 Å². The number of benzene rings is 1. The Labute approximate surface area is 127 Å². The Balaban J connectivity index is 2.07. The van der Waals surface area contributed by atoms with Crippen LogP contribution in [-0.2, 0) is 16.4 Å². The van der Waals surface area contributed by atoms with Crippen LogP contribution in [0.3, 0.4) is 0 Å². The minimum Gasteiger partial charge on any atom is -0.320 e. The Morgan fingerprint density at radius 3 is 2.52 bits per heavy atom. The number of sulfonamides is 1. The van der Waals surface area contributed by atoms with Gasteiger partial charge >= 0.3 is 0 Å². The molecule has 0 fully saturated rings. The van der Waals surface area contributed by atoms with E-state index in [9.17, 15) is 8.42 Å². The summed E-state index contributed by atoms with van der Waals surface area (Å²) in [6, 6.07) is 7.31. The zero-order chi connectivity index (χ0) is 15.3. The van der Waals surface area contributed by atoms with Crippen LogP contribution >= 0.6 is 0 Å². The van der Waals surface area contributed by atoms with Crippen LogP contribution in [0.25, 0.3) is 0 Å². The molecule has 0 aliphatic carbocycles. The molecule has 1 N–H and O–H groups in total. The van der Waals surface area contributed by atoms with Crippen LogP contribution in [0.15, 0.2) is 40.8 Å². The maximum absolute atomic E-state index is 12.6. The van der Waals surface area contributed by atoms with Crippen molar-refractivity contribution in [1.82, 2.24) is 9.62 Å². The highest BCUT2D eigenvalue weighted by Gasteiger charge is 2.25. The molecule has 1 aliphatic rings. The summed E-state index contributed by atoms with van der Waals surface area (Å²) >= 11 is 0. The zero-order valence-corrected chi connectivity index (χ0v) is 13.6. The highest BCUT2D eigenvalue weighted by atomic mass is 32.2. The summed E-state index contributed by atoms with van der Waals surface area (Å²) in [5, 5.41) is 3.11. The van der Waals surface area contributed by atoms with Crippen LogP contribution in [-0.4, -0.2) is 39.4 Å². The van der Waals surface area contributed by atoms with E-state index in [-0.39, 0.29) is 0 Å². The SMILES string of the molecule is CNCCCc1ccc(S(=O)(=O)N2CC=C(C)CC2)cc1. The molecule has 1 aromatic carbocycles. The first-order chi connectivity index (χ1) is 10.0. The highest BCUT2D eigenvalue weighted by Crippen LogP contribution is 2.20. The van der Waals surface area contributed by atoms with Gasteiger partial charge in [0.15, 0.2) is 0 Å². The Bertz CT molecular complexity index is 591. The number of nitrogens with zero attached hydrogens (tertiary/aromatic N) is 1. The first-order valence-corrected chi connectivity index (χ1v) is 8.87. The molecule has 0 bridgehead atoms. The van der Waals surface area contributed by atoms with Gasteiger partial charge in [0.25, 0.3) is 0 Å². The Hall–Kier alpha value is -1.17. The molecule has 1 aliphatic heterocycles. The molecule has 0 amide bonds. The maximum atomic E-state index is 12.6. The van der Waals surface area contributed by atoms with Crippen LogP contribution in [0.5, 0.6) is 0 Å². The third-order valence-corrected chi connectivity index (χ3v) is 5.73. The second-order valence-corrected chi connectivity index (χ2v) is 7.45. The van der Waals surface area contributed by atoms with Gasteiger partial charge in [-0.1, -0.05) is 23.8 Å². The maximum Gasteiger partial charge on any atom is 0.243 e. The summed E-state index contributed by atoms with van der Waals surface area (Å²) in [6.07, 6.45) is 4.83. The van der Waals surface area contributed by atoms with Gasteiger partial charge in [0, 0.05) is 13.1 Å². The molecule has 4 nitrogen and oxygen atoms in total. The third kappa shape index (κ3) is 4.15. The molecule has 2 rings (SSSR count). The first kappa shape index (κ1) is 16.2. The molecule has 21 heavy (non-hydrogen) atoms. The minimum atomic E-state index is -3.35. The van der Waals surface area contributed by atoms with Gasteiger partial charge in [0.2, 0.25) is 10.0 Å². The first-order valence-electron chi connectivity index (χ1n) is 7.43. The van der Waals surface area contributed by atoms with Crippen LogP contribution in [0.4, 0.5) is 0 Å². The quantitative estimate of drug-likeness (QED) is 0.647. The molecular formula is C16H24N2O2S. The van der Waals surface area contributed by atoms with Gasteiger partial charge in [-0.2, -0.15) is 4.31 Å². The van der Waals surface area contributed by atoms with E-state index in [1.54, 1.807) is 16.4 Å². The molecule has 0 atom stereocenters. The van der Waals surface area contributed by atoms with E-state index in [2.05, 4.69) is 5.32 Å². The molecule has 0 unspecified atom stereocenters. The fraction of sp³-hybridized carbons (Fsp3) is 0.500. The molecule has 0 saturated carbocycles. The fourth-order valence-corrected chi connectivity index (χ4v) is 3.80. The molecule has 0 radical (unpaired) electrons. The number of nitrogens with one attached hydrogen (secondary N) is 1. The summed E-state index contributed by atoms with van der Waals surface area (Å²) in [7, 11) is -1.42.